The normalized spacial score (nSPS) is 11.1. The minimum Gasteiger partial charge on any atom is -0.504 e. The van der Waals surface area contributed by atoms with Crippen molar-refractivity contribution < 1.29 is 19.6 Å². The van der Waals surface area contributed by atoms with E-state index in [2.05, 4.69) is 0 Å². The van der Waals surface area contributed by atoms with Gasteiger partial charge < -0.3 is 9.84 Å². The molecule has 6 heteroatoms. The number of phenols is 1. The number of aromatic hydroxyl groups is 1. The van der Waals surface area contributed by atoms with Crippen molar-refractivity contribution in [3.63, 3.8) is 0 Å². The number of nitro groups is 1. The second-order valence-corrected chi connectivity index (χ2v) is 3.35. The van der Waals surface area contributed by atoms with Crippen LogP contribution in [-0.2, 0) is 4.79 Å². The van der Waals surface area contributed by atoms with Crippen LogP contribution in [0.15, 0.2) is 17.7 Å². The fourth-order valence-electron chi connectivity index (χ4n) is 1.26. The highest BCUT2D eigenvalue weighted by molar-refractivity contribution is 5.82. The molecule has 17 heavy (non-hydrogen) atoms. The van der Waals surface area contributed by atoms with E-state index in [-0.39, 0.29) is 22.7 Å². The number of hydrogen-bond donors (Lipinski definition) is 1. The lowest BCUT2D eigenvalue weighted by Gasteiger charge is -2.06. The van der Waals surface area contributed by atoms with Crippen LogP contribution in [-0.4, -0.2) is 23.4 Å². The topological polar surface area (TPSA) is 89.7 Å². The number of methoxy groups -OCH3 is 1. The van der Waals surface area contributed by atoms with Gasteiger partial charge in [0, 0.05) is 11.6 Å². The zero-order chi connectivity index (χ0) is 13.0. The molecular weight excluding hydrogens is 226 g/mol. The predicted octanol–water partition coefficient (Wildman–Crippen LogP) is 1.91. The third-order valence-corrected chi connectivity index (χ3v) is 2.09. The number of carbonyl (C=O) groups excluding carboxylic acids is 1. The van der Waals surface area contributed by atoms with Gasteiger partial charge in [-0.3, -0.25) is 14.9 Å². The number of rotatable bonds is 4. The highest BCUT2D eigenvalue weighted by Crippen LogP contribution is 2.35. The fourth-order valence-corrected chi connectivity index (χ4v) is 1.26. The quantitative estimate of drug-likeness (QED) is 0.374. The van der Waals surface area contributed by atoms with E-state index in [1.165, 1.54) is 26.2 Å². The number of ether oxygens (including phenoxy) is 1. The van der Waals surface area contributed by atoms with Gasteiger partial charge in [0.1, 0.15) is 6.29 Å². The minimum atomic E-state index is -0.602. The number of carbonyl (C=O) groups is 1. The number of nitro benzene ring substituents is 1. The van der Waals surface area contributed by atoms with Crippen molar-refractivity contribution in [3.8, 4) is 11.5 Å². The van der Waals surface area contributed by atoms with Crippen LogP contribution in [0.4, 0.5) is 5.69 Å². The molecule has 1 aromatic rings. The van der Waals surface area contributed by atoms with Crippen LogP contribution < -0.4 is 4.74 Å². The van der Waals surface area contributed by atoms with Crippen LogP contribution in [0.3, 0.4) is 0 Å². The SMILES string of the molecule is COc1cc([N+](=O)[O-])cc(/C=C(\C)C=O)c1O. The first-order valence-corrected chi connectivity index (χ1v) is 4.68. The summed E-state index contributed by atoms with van der Waals surface area (Å²) in [5.74, 6) is -0.247. The summed E-state index contributed by atoms with van der Waals surface area (Å²) in [5.41, 5.74) is 0.285. The molecule has 0 bridgehead atoms. The molecule has 0 spiro atoms. The Bertz CT molecular complexity index is 493. The smallest absolute Gasteiger partial charge is 0.274 e. The van der Waals surface area contributed by atoms with Crippen molar-refractivity contribution >= 4 is 18.0 Å². The molecule has 0 fully saturated rings. The van der Waals surface area contributed by atoms with Gasteiger partial charge >= 0.3 is 0 Å². The third kappa shape index (κ3) is 2.81. The summed E-state index contributed by atoms with van der Waals surface area (Å²) in [6.45, 7) is 1.53. The summed E-state index contributed by atoms with van der Waals surface area (Å²) < 4.78 is 4.82. The van der Waals surface area contributed by atoms with Crippen LogP contribution in [0.1, 0.15) is 12.5 Å². The molecule has 0 aromatic heterocycles. The Morgan fingerprint density at radius 2 is 2.18 bits per heavy atom. The van der Waals surface area contributed by atoms with Gasteiger partial charge in [-0.05, 0) is 18.6 Å². The Morgan fingerprint density at radius 1 is 1.53 bits per heavy atom. The molecule has 1 N–H and O–H groups in total. The average Bonchev–Trinajstić information content (AvgIpc) is 2.31. The van der Waals surface area contributed by atoms with Gasteiger partial charge in [-0.15, -0.1) is 0 Å². The lowest BCUT2D eigenvalue weighted by Crippen LogP contribution is -1.93. The summed E-state index contributed by atoms with van der Waals surface area (Å²) in [6, 6.07) is 2.29. The Kier molecular flexibility index (Phi) is 3.82. The number of nitrogens with zero attached hydrogens (tertiary/aromatic N) is 1. The van der Waals surface area contributed by atoms with E-state index < -0.39 is 4.92 Å². The number of non-ortho nitro benzene ring substituents is 1. The van der Waals surface area contributed by atoms with Gasteiger partial charge in [0.25, 0.3) is 5.69 Å². The second kappa shape index (κ2) is 5.11. The summed E-state index contributed by atoms with van der Waals surface area (Å²) in [5, 5.41) is 20.4. The van der Waals surface area contributed by atoms with E-state index in [0.29, 0.717) is 11.9 Å². The molecule has 0 unspecified atom stereocenters. The summed E-state index contributed by atoms with van der Waals surface area (Å²) in [7, 11) is 1.29. The van der Waals surface area contributed by atoms with Crippen LogP contribution >= 0.6 is 0 Å². The molecule has 0 amide bonds. The molecule has 0 saturated heterocycles. The summed E-state index contributed by atoms with van der Waals surface area (Å²) >= 11 is 0. The highest BCUT2D eigenvalue weighted by atomic mass is 16.6. The number of benzene rings is 1. The van der Waals surface area contributed by atoms with Gasteiger partial charge in [-0.1, -0.05) is 0 Å². The molecule has 0 aliphatic heterocycles. The van der Waals surface area contributed by atoms with Crippen LogP contribution in [0.2, 0.25) is 0 Å². The molecule has 1 rings (SSSR count). The standard InChI is InChI=1S/C11H11NO5/c1-7(6-13)3-8-4-9(12(15)16)5-10(17-2)11(8)14/h3-6,14H,1-2H3/b7-3+. The second-order valence-electron chi connectivity index (χ2n) is 3.35. The monoisotopic (exact) mass is 237 g/mol. The molecule has 0 atom stereocenters. The van der Waals surface area contributed by atoms with Crippen molar-refractivity contribution in [1.82, 2.24) is 0 Å². The number of aldehydes is 1. The van der Waals surface area contributed by atoms with Gasteiger partial charge in [-0.2, -0.15) is 0 Å². The molecule has 0 aliphatic rings. The first kappa shape index (κ1) is 12.7. The molecule has 0 aliphatic carbocycles. The van der Waals surface area contributed by atoms with E-state index in [0.717, 1.165) is 6.07 Å². The van der Waals surface area contributed by atoms with Crippen molar-refractivity contribution in [1.29, 1.82) is 0 Å². The zero-order valence-electron chi connectivity index (χ0n) is 9.34. The molecule has 0 heterocycles. The van der Waals surface area contributed by atoms with Gasteiger partial charge in [0.15, 0.2) is 11.5 Å². The first-order chi connectivity index (χ1) is 7.99. The molecule has 90 valence electrons. The Morgan fingerprint density at radius 3 is 2.65 bits per heavy atom. The first-order valence-electron chi connectivity index (χ1n) is 4.68. The molecule has 1 aromatic carbocycles. The Labute approximate surface area is 97.3 Å². The summed E-state index contributed by atoms with van der Waals surface area (Å²) in [6.07, 6.45) is 1.93. The Balaban J connectivity index is 3.42. The van der Waals surface area contributed by atoms with Gasteiger partial charge in [0.05, 0.1) is 18.1 Å². The number of hydrogen-bond acceptors (Lipinski definition) is 5. The lowest BCUT2D eigenvalue weighted by atomic mass is 10.1. The van der Waals surface area contributed by atoms with Crippen molar-refractivity contribution in [2.24, 2.45) is 0 Å². The predicted molar refractivity (Wildman–Crippen MR) is 61.0 cm³/mol. The highest BCUT2D eigenvalue weighted by Gasteiger charge is 2.15. The van der Waals surface area contributed by atoms with E-state index in [1.807, 2.05) is 0 Å². The van der Waals surface area contributed by atoms with Crippen LogP contribution in [0.5, 0.6) is 11.5 Å². The minimum absolute atomic E-state index is 0.0100. The van der Waals surface area contributed by atoms with E-state index in [9.17, 15) is 20.0 Å². The van der Waals surface area contributed by atoms with Gasteiger partial charge in [0.2, 0.25) is 0 Å². The fraction of sp³-hybridized carbons (Fsp3) is 0.182. The van der Waals surface area contributed by atoms with Crippen molar-refractivity contribution in [3.05, 3.63) is 33.4 Å². The average molecular weight is 237 g/mol. The van der Waals surface area contributed by atoms with Crippen molar-refractivity contribution in [2.45, 2.75) is 6.92 Å². The maximum atomic E-state index is 10.7. The number of allylic oxidation sites excluding steroid dienone is 1. The zero-order valence-corrected chi connectivity index (χ0v) is 9.34. The largest absolute Gasteiger partial charge is 0.504 e. The maximum Gasteiger partial charge on any atom is 0.274 e. The van der Waals surface area contributed by atoms with E-state index in [1.54, 1.807) is 0 Å². The Hall–Kier alpha value is -2.37. The number of phenolic OH excluding ortho intramolecular Hbond substituents is 1. The van der Waals surface area contributed by atoms with E-state index >= 15 is 0 Å². The van der Waals surface area contributed by atoms with Crippen LogP contribution in [0.25, 0.3) is 6.08 Å². The molecule has 6 nitrogen and oxygen atoms in total. The molecule has 0 radical (unpaired) electrons. The molecular formula is C11H11NO5. The lowest BCUT2D eigenvalue weighted by molar-refractivity contribution is -0.385. The van der Waals surface area contributed by atoms with Crippen LogP contribution in [0, 0.1) is 10.1 Å². The maximum absolute atomic E-state index is 10.7. The summed E-state index contributed by atoms with van der Waals surface area (Å²) in [4.78, 5) is 20.5. The van der Waals surface area contributed by atoms with E-state index in [4.69, 9.17) is 4.74 Å². The van der Waals surface area contributed by atoms with Gasteiger partial charge in [-0.25, -0.2) is 0 Å². The third-order valence-electron chi connectivity index (χ3n) is 2.09. The van der Waals surface area contributed by atoms with Crippen molar-refractivity contribution in [2.75, 3.05) is 7.11 Å². The molecule has 0 saturated carbocycles.